The molecule has 0 saturated carbocycles. The van der Waals surface area contributed by atoms with Gasteiger partial charge in [-0.3, -0.25) is 4.79 Å². The van der Waals surface area contributed by atoms with Crippen LogP contribution < -0.4 is 0 Å². The van der Waals surface area contributed by atoms with Crippen LogP contribution in [0.5, 0.6) is 0 Å². The summed E-state index contributed by atoms with van der Waals surface area (Å²) in [5.74, 6) is 1.28. The van der Waals surface area contributed by atoms with Crippen molar-refractivity contribution in [2.75, 3.05) is 13.1 Å². The summed E-state index contributed by atoms with van der Waals surface area (Å²) >= 11 is 0. The van der Waals surface area contributed by atoms with Crippen LogP contribution in [0.25, 0.3) is 11.4 Å². The van der Waals surface area contributed by atoms with E-state index in [0.29, 0.717) is 30.3 Å². The molecular formula is C18H21N5O2. The van der Waals surface area contributed by atoms with Gasteiger partial charge in [0.25, 0.3) is 0 Å². The van der Waals surface area contributed by atoms with Gasteiger partial charge in [-0.05, 0) is 32.9 Å². The highest BCUT2D eigenvalue weighted by Gasteiger charge is 2.27. The Hall–Kier alpha value is -2.72. The third kappa shape index (κ3) is 3.69. The van der Waals surface area contributed by atoms with Crippen molar-refractivity contribution in [2.24, 2.45) is 0 Å². The average molecular weight is 339 g/mol. The largest absolute Gasteiger partial charge is 0.372 e. The molecule has 0 N–H and O–H groups in total. The van der Waals surface area contributed by atoms with Gasteiger partial charge in [0.15, 0.2) is 5.82 Å². The molecule has 2 atom stereocenters. The number of aryl methyl sites for hydroxylation is 1. The number of carbonyl (C=O) groups is 1. The molecule has 0 radical (unpaired) electrons. The lowest BCUT2D eigenvalue weighted by Crippen LogP contribution is -2.49. The molecule has 0 aliphatic carbocycles. The molecule has 1 aliphatic heterocycles. The maximum Gasteiger partial charge on any atom is 0.242 e. The van der Waals surface area contributed by atoms with Crippen LogP contribution in [-0.4, -0.2) is 50.9 Å². The fourth-order valence-corrected chi connectivity index (χ4v) is 3.13. The van der Waals surface area contributed by atoms with Crippen LogP contribution in [0.15, 0.2) is 24.3 Å². The first kappa shape index (κ1) is 17.1. The summed E-state index contributed by atoms with van der Waals surface area (Å²) in [4.78, 5) is 14.6. The molecule has 1 aromatic heterocycles. The Labute approximate surface area is 146 Å². The summed E-state index contributed by atoms with van der Waals surface area (Å²) in [5.41, 5.74) is 1.32. The second-order valence-corrected chi connectivity index (χ2v) is 6.41. The van der Waals surface area contributed by atoms with E-state index in [0.717, 1.165) is 5.56 Å². The summed E-state index contributed by atoms with van der Waals surface area (Å²) < 4.78 is 7.48. The quantitative estimate of drug-likeness (QED) is 0.851. The molecule has 1 fully saturated rings. The highest BCUT2D eigenvalue weighted by molar-refractivity contribution is 5.77. The number of nitriles is 1. The zero-order chi connectivity index (χ0) is 18.0. The zero-order valence-corrected chi connectivity index (χ0v) is 14.6. The Morgan fingerprint density at radius 3 is 2.72 bits per heavy atom. The minimum Gasteiger partial charge on any atom is -0.372 e. The van der Waals surface area contributed by atoms with E-state index in [1.54, 1.807) is 22.8 Å². The fourth-order valence-electron chi connectivity index (χ4n) is 3.13. The molecule has 1 aliphatic rings. The number of hydrogen-bond donors (Lipinski definition) is 0. The van der Waals surface area contributed by atoms with E-state index in [1.165, 1.54) is 0 Å². The van der Waals surface area contributed by atoms with Crippen molar-refractivity contribution in [1.82, 2.24) is 19.7 Å². The minimum atomic E-state index is 0.0163. The van der Waals surface area contributed by atoms with Crippen LogP contribution in [0.3, 0.4) is 0 Å². The third-order valence-corrected chi connectivity index (χ3v) is 4.25. The lowest BCUT2D eigenvalue weighted by Gasteiger charge is -2.35. The number of aromatic nitrogens is 3. The molecule has 25 heavy (non-hydrogen) atoms. The summed E-state index contributed by atoms with van der Waals surface area (Å²) in [6.07, 6.45) is 0.0583. The van der Waals surface area contributed by atoms with Crippen LogP contribution in [0, 0.1) is 18.3 Å². The van der Waals surface area contributed by atoms with E-state index in [-0.39, 0.29) is 24.7 Å². The highest BCUT2D eigenvalue weighted by atomic mass is 16.5. The molecule has 3 rings (SSSR count). The van der Waals surface area contributed by atoms with Crippen LogP contribution in [0.2, 0.25) is 0 Å². The lowest BCUT2D eigenvalue weighted by molar-refractivity contribution is -0.143. The first-order chi connectivity index (χ1) is 12.0. The number of benzene rings is 1. The monoisotopic (exact) mass is 339 g/mol. The molecule has 1 saturated heterocycles. The van der Waals surface area contributed by atoms with Gasteiger partial charge in [0, 0.05) is 18.7 Å². The van der Waals surface area contributed by atoms with E-state index in [9.17, 15) is 4.79 Å². The smallest absolute Gasteiger partial charge is 0.242 e. The molecule has 0 spiro atoms. The number of ether oxygens (including phenoxy) is 1. The zero-order valence-electron chi connectivity index (χ0n) is 14.6. The Morgan fingerprint density at radius 1 is 1.32 bits per heavy atom. The van der Waals surface area contributed by atoms with Gasteiger partial charge in [-0.1, -0.05) is 12.1 Å². The summed E-state index contributed by atoms with van der Waals surface area (Å²) in [6.45, 7) is 7.11. The van der Waals surface area contributed by atoms with E-state index >= 15 is 0 Å². The van der Waals surface area contributed by atoms with Crippen molar-refractivity contribution < 1.29 is 9.53 Å². The molecule has 2 aromatic rings. The van der Waals surface area contributed by atoms with E-state index < -0.39 is 0 Å². The Bertz CT molecular complexity index is 813. The van der Waals surface area contributed by atoms with Crippen molar-refractivity contribution >= 4 is 5.91 Å². The Balaban J connectivity index is 1.85. The molecular weight excluding hydrogens is 318 g/mol. The van der Waals surface area contributed by atoms with Gasteiger partial charge in [-0.2, -0.15) is 5.26 Å². The molecule has 2 heterocycles. The summed E-state index contributed by atoms with van der Waals surface area (Å²) in [6, 6.07) is 9.27. The number of hydrogen-bond acceptors (Lipinski definition) is 5. The van der Waals surface area contributed by atoms with Gasteiger partial charge in [-0.25, -0.2) is 0 Å². The van der Waals surface area contributed by atoms with E-state index in [2.05, 4.69) is 16.3 Å². The van der Waals surface area contributed by atoms with Crippen LogP contribution in [0.1, 0.15) is 25.2 Å². The number of morpholine rings is 1. The minimum absolute atomic E-state index is 0.0163. The number of rotatable bonds is 3. The standard InChI is InChI=1S/C18H21N5O2/c1-12-9-22(10-13(2)25-12)17(24)11-23-14(3)20-21-18(23)16-6-4-5-15(7-16)8-19/h4-7,12-13H,9-11H2,1-3H3. The van der Waals surface area contributed by atoms with Crippen molar-refractivity contribution in [2.45, 2.75) is 39.5 Å². The molecule has 0 bridgehead atoms. The Morgan fingerprint density at radius 2 is 2.04 bits per heavy atom. The molecule has 7 heteroatoms. The van der Waals surface area contributed by atoms with Gasteiger partial charge >= 0.3 is 0 Å². The second-order valence-electron chi connectivity index (χ2n) is 6.41. The summed E-state index contributed by atoms with van der Waals surface area (Å²) in [5, 5.41) is 17.4. The van der Waals surface area contributed by atoms with Crippen molar-refractivity contribution in [1.29, 1.82) is 5.26 Å². The molecule has 2 unspecified atom stereocenters. The third-order valence-electron chi connectivity index (χ3n) is 4.25. The molecule has 130 valence electrons. The molecule has 1 amide bonds. The van der Waals surface area contributed by atoms with Gasteiger partial charge in [0.2, 0.25) is 5.91 Å². The topological polar surface area (TPSA) is 84.0 Å². The maximum atomic E-state index is 12.8. The van der Waals surface area contributed by atoms with Gasteiger partial charge < -0.3 is 14.2 Å². The predicted molar refractivity (Wildman–Crippen MR) is 91.5 cm³/mol. The SMILES string of the molecule is Cc1nnc(-c2cccc(C#N)c2)n1CC(=O)N1CC(C)OC(C)C1. The van der Waals surface area contributed by atoms with E-state index in [1.807, 2.05) is 31.7 Å². The van der Waals surface area contributed by atoms with Gasteiger partial charge in [0.1, 0.15) is 12.4 Å². The number of amides is 1. The summed E-state index contributed by atoms with van der Waals surface area (Å²) in [7, 11) is 0. The Kier molecular flexibility index (Phi) is 4.81. The van der Waals surface area contributed by atoms with Crippen LogP contribution >= 0.6 is 0 Å². The van der Waals surface area contributed by atoms with E-state index in [4.69, 9.17) is 10.00 Å². The van der Waals surface area contributed by atoms with Crippen molar-refractivity contribution in [3.05, 3.63) is 35.7 Å². The first-order valence-corrected chi connectivity index (χ1v) is 8.31. The predicted octanol–water partition coefficient (Wildman–Crippen LogP) is 1.76. The van der Waals surface area contributed by atoms with Crippen molar-refractivity contribution in [3.63, 3.8) is 0 Å². The molecule has 1 aromatic carbocycles. The maximum absolute atomic E-state index is 12.8. The van der Waals surface area contributed by atoms with Gasteiger partial charge in [0.05, 0.1) is 23.8 Å². The number of nitrogens with zero attached hydrogens (tertiary/aromatic N) is 5. The van der Waals surface area contributed by atoms with Crippen molar-refractivity contribution in [3.8, 4) is 17.5 Å². The highest BCUT2D eigenvalue weighted by Crippen LogP contribution is 2.20. The van der Waals surface area contributed by atoms with Crippen LogP contribution in [0.4, 0.5) is 0 Å². The fraction of sp³-hybridized carbons (Fsp3) is 0.444. The van der Waals surface area contributed by atoms with Gasteiger partial charge in [-0.15, -0.1) is 10.2 Å². The average Bonchev–Trinajstić information content (AvgIpc) is 2.95. The second kappa shape index (κ2) is 7.03. The lowest BCUT2D eigenvalue weighted by atomic mass is 10.1. The number of carbonyl (C=O) groups excluding carboxylic acids is 1. The normalized spacial score (nSPS) is 20.3. The first-order valence-electron chi connectivity index (χ1n) is 8.31. The molecule has 7 nitrogen and oxygen atoms in total. The van der Waals surface area contributed by atoms with Crippen LogP contribution in [-0.2, 0) is 16.1 Å².